The van der Waals surface area contributed by atoms with E-state index in [2.05, 4.69) is 43.5 Å². The Morgan fingerprint density at radius 3 is 1.33 bits per heavy atom. The molecule has 1 saturated heterocycles. The highest BCUT2D eigenvalue weighted by Gasteiger charge is 2.44. The lowest BCUT2D eigenvalue weighted by atomic mass is 9.99. The molecule has 1 aliphatic heterocycles. The summed E-state index contributed by atoms with van der Waals surface area (Å²) in [5.41, 5.74) is 0. The van der Waals surface area contributed by atoms with Crippen LogP contribution in [-0.2, 0) is 23.8 Å². The highest BCUT2D eigenvalue weighted by Crippen LogP contribution is 2.23. The zero-order chi connectivity index (χ0) is 55.2. The molecule has 0 aliphatic carbocycles. The number of hydrogen-bond acceptors (Lipinski definition) is 10. The van der Waals surface area contributed by atoms with E-state index in [9.17, 15) is 35.1 Å². The van der Waals surface area contributed by atoms with Gasteiger partial charge in [-0.3, -0.25) is 9.59 Å². The first kappa shape index (κ1) is 71.9. The van der Waals surface area contributed by atoms with Crippen LogP contribution >= 0.6 is 0 Å². The Morgan fingerprint density at radius 2 is 0.882 bits per heavy atom. The lowest BCUT2D eigenvalue weighted by Gasteiger charge is -2.40. The third-order valence-corrected chi connectivity index (χ3v) is 15.3. The van der Waals surface area contributed by atoms with Crippen LogP contribution in [0.1, 0.15) is 303 Å². The van der Waals surface area contributed by atoms with Gasteiger partial charge in [-0.1, -0.05) is 275 Å². The number of aliphatic hydroxyl groups is 5. The van der Waals surface area contributed by atoms with E-state index in [1.807, 2.05) is 6.08 Å². The molecule has 0 aromatic rings. The molecule has 0 spiro atoms. The number of nitrogens with one attached hydrogen (secondary N) is 1. The Balaban J connectivity index is 1.99. The third-order valence-electron chi connectivity index (χ3n) is 15.3. The molecule has 76 heavy (non-hydrogen) atoms. The number of carbonyl (C=O) groups excluding carboxylic acids is 2. The van der Waals surface area contributed by atoms with E-state index in [1.54, 1.807) is 6.08 Å². The molecule has 7 unspecified atom stereocenters. The Morgan fingerprint density at radius 1 is 0.487 bits per heavy atom. The Hall–Kier alpha value is -2.12. The number of allylic oxidation sites excluding steroid dienone is 4. The predicted octanol–water partition coefficient (Wildman–Crippen LogP) is 15.5. The van der Waals surface area contributed by atoms with Crippen molar-refractivity contribution in [2.75, 3.05) is 19.8 Å². The van der Waals surface area contributed by atoms with Gasteiger partial charge in [0.25, 0.3) is 0 Å². The van der Waals surface area contributed by atoms with Gasteiger partial charge in [-0.2, -0.15) is 0 Å². The quantitative estimate of drug-likeness (QED) is 0.0195. The fraction of sp³-hybridized carbons (Fsp3) is 0.877. The molecule has 1 amide bonds. The SMILES string of the molecule is CCCCCCCCC/C=C/C(O)C(COC1OC(CO)C(O)C(O)C1O)NC(=O)CCCCCCCCCCCCCCCC/C=C\C/C=C\CCOC(=O)CCCCCCCCCCCCCCCCCCCC. The normalized spacial score (nSPS) is 18.9. The summed E-state index contributed by atoms with van der Waals surface area (Å²) in [5.74, 6) is -0.232. The van der Waals surface area contributed by atoms with Crippen LogP contribution in [0.5, 0.6) is 0 Å². The van der Waals surface area contributed by atoms with Crippen molar-refractivity contribution in [1.29, 1.82) is 0 Å². The molecule has 6 N–H and O–H groups in total. The minimum Gasteiger partial charge on any atom is -0.465 e. The molecule has 0 bridgehead atoms. The van der Waals surface area contributed by atoms with Crippen LogP contribution in [0.2, 0.25) is 0 Å². The van der Waals surface area contributed by atoms with E-state index >= 15 is 0 Å². The van der Waals surface area contributed by atoms with E-state index in [-0.39, 0.29) is 18.5 Å². The molecular formula is C65H121NO10. The lowest BCUT2D eigenvalue weighted by Crippen LogP contribution is -2.60. The van der Waals surface area contributed by atoms with Crippen molar-refractivity contribution in [2.24, 2.45) is 0 Å². The van der Waals surface area contributed by atoms with Crippen LogP contribution in [0.4, 0.5) is 0 Å². The molecule has 11 nitrogen and oxygen atoms in total. The van der Waals surface area contributed by atoms with Crippen molar-refractivity contribution < 1.29 is 49.3 Å². The first-order valence-electron chi connectivity index (χ1n) is 32.3. The van der Waals surface area contributed by atoms with Crippen molar-refractivity contribution in [3.8, 4) is 0 Å². The van der Waals surface area contributed by atoms with Gasteiger partial charge in [-0.25, -0.2) is 0 Å². The molecule has 0 radical (unpaired) electrons. The number of aliphatic hydroxyl groups excluding tert-OH is 5. The molecule has 7 atom stereocenters. The van der Waals surface area contributed by atoms with E-state index in [0.29, 0.717) is 19.4 Å². The van der Waals surface area contributed by atoms with Crippen LogP contribution < -0.4 is 5.32 Å². The van der Waals surface area contributed by atoms with Gasteiger partial charge in [0.1, 0.15) is 24.4 Å². The van der Waals surface area contributed by atoms with Crippen LogP contribution in [0.3, 0.4) is 0 Å². The summed E-state index contributed by atoms with van der Waals surface area (Å²) in [5, 5.41) is 54.2. The largest absolute Gasteiger partial charge is 0.465 e. The van der Waals surface area contributed by atoms with E-state index < -0.39 is 49.5 Å². The topological polar surface area (TPSA) is 175 Å². The number of carbonyl (C=O) groups is 2. The zero-order valence-corrected chi connectivity index (χ0v) is 49.2. The van der Waals surface area contributed by atoms with Gasteiger partial charge in [0.05, 0.1) is 32.0 Å². The van der Waals surface area contributed by atoms with Crippen molar-refractivity contribution in [3.05, 3.63) is 36.5 Å². The van der Waals surface area contributed by atoms with Gasteiger partial charge in [0.2, 0.25) is 5.91 Å². The molecular weight excluding hydrogens is 955 g/mol. The van der Waals surface area contributed by atoms with Crippen molar-refractivity contribution in [1.82, 2.24) is 5.32 Å². The molecule has 0 aromatic carbocycles. The van der Waals surface area contributed by atoms with Crippen LogP contribution in [0.15, 0.2) is 36.5 Å². The second kappa shape index (κ2) is 54.8. The van der Waals surface area contributed by atoms with Crippen LogP contribution in [0.25, 0.3) is 0 Å². The number of unbranched alkanes of at least 4 members (excludes halogenated alkanes) is 38. The Bertz CT molecular complexity index is 1360. The minimum absolute atomic E-state index is 0.0440. The van der Waals surface area contributed by atoms with Crippen molar-refractivity contribution >= 4 is 11.9 Å². The summed E-state index contributed by atoms with van der Waals surface area (Å²) in [6, 6.07) is -0.812. The number of amides is 1. The summed E-state index contributed by atoms with van der Waals surface area (Å²) < 4.78 is 16.6. The lowest BCUT2D eigenvalue weighted by molar-refractivity contribution is -0.302. The third kappa shape index (κ3) is 43.7. The number of ether oxygens (including phenoxy) is 3. The first-order valence-corrected chi connectivity index (χ1v) is 32.3. The second-order valence-corrected chi connectivity index (χ2v) is 22.5. The van der Waals surface area contributed by atoms with Gasteiger partial charge in [-0.05, 0) is 51.4 Å². The van der Waals surface area contributed by atoms with Gasteiger partial charge in [0.15, 0.2) is 6.29 Å². The summed E-state index contributed by atoms with van der Waals surface area (Å²) in [7, 11) is 0. The van der Waals surface area contributed by atoms with E-state index in [0.717, 1.165) is 70.6 Å². The molecule has 1 heterocycles. The summed E-state index contributed by atoms with van der Waals surface area (Å²) >= 11 is 0. The molecule has 11 heteroatoms. The standard InChI is InChI=1S/C65H121NO10/c1-3-5-7-9-11-13-14-15-16-17-24-27-30-33-37-41-45-49-53-61(70)74-54-50-46-42-38-34-31-28-25-22-20-18-19-21-23-26-29-32-36-40-44-48-52-60(69)66-57(58(68)51-47-43-39-35-12-10-8-6-4-2)56-75-65-64(73)63(72)62(71)59(55-67)76-65/h31,34,42,46-47,51,57-59,62-65,67-68,71-73H,3-30,32-33,35-41,43-45,48-50,52-56H2,1-2H3,(H,66,69)/b34-31-,46-42-,51-47+. The van der Waals surface area contributed by atoms with E-state index in [1.165, 1.54) is 205 Å². The Kier molecular flexibility index (Phi) is 51.9. The second-order valence-electron chi connectivity index (χ2n) is 22.5. The first-order chi connectivity index (χ1) is 37.2. The average molecular weight is 1080 g/mol. The number of hydrogen-bond donors (Lipinski definition) is 6. The average Bonchev–Trinajstić information content (AvgIpc) is 3.42. The van der Waals surface area contributed by atoms with Gasteiger partial charge in [-0.15, -0.1) is 0 Å². The summed E-state index contributed by atoms with van der Waals surface area (Å²) in [6.07, 6.45) is 58.5. The van der Waals surface area contributed by atoms with Gasteiger partial charge < -0.3 is 45.1 Å². The monoisotopic (exact) mass is 1080 g/mol. The Labute approximate surface area is 466 Å². The molecule has 1 fully saturated rings. The zero-order valence-electron chi connectivity index (χ0n) is 49.2. The van der Waals surface area contributed by atoms with Gasteiger partial charge >= 0.3 is 5.97 Å². The fourth-order valence-corrected chi connectivity index (χ4v) is 10.2. The minimum atomic E-state index is -1.57. The van der Waals surface area contributed by atoms with E-state index in [4.69, 9.17) is 14.2 Å². The summed E-state index contributed by atoms with van der Waals surface area (Å²) in [4.78, 5) is 25.1. The van der Waals surface area contributed by atoms with Gasteiger partial charge in [0, 0.05) is 12.8 Å². The molecule has 446 valence electrons. The molecule has 0 aromatic heterocycles. The number of esters is 1. The maximum Gasteiger partial charge on any atom is 0.305 e. The molecule has 0 saturated carbocycles. The maximum absolute atomic E-state index is 13.0. The highest BCUT2D eigenvalue weighted by molar-refractivity contribution is 5.76. The molecule has 1 rings (SSSR count). The predicted molar refractivity (Wildman–Crippen MR) is 315 cm³/mol. The maximum atomic E-state index is 13.0. The van der Waals surface area contributed by atoms with Crippen molar-refractivity contribution in [2.45, 2.75) is 346 Å². The number of rotatable bonds is 56. The molecule has 1 aliphatic rings. The van der Waals surface area contributed by atoms with Crippen molar-refractivity contribution in [3.63, 3.8) is 0 Å². The fourth-order valence-electron chi connectivity index (χ4n) is 10.2. The van der Waals surface area contributed by atoms with Crippen LogP contribution in [0, 0.1) is 0 Å². The summed E-state index contributed by atoms with van der Waals surface area (Å²) in [6.45, 7) is 4.22. The highest BCUT2D eigenvalue weighted by atomic mass is 16.7. The smallest absolute Gasteiger partial charge is 0.305 e. The van der Waals surface area contributed by atoms with Crippen LogP contribution in [-0.4, -0.2) is 100 Å².